The summed E-state index contributed by atoms with van der Waals surface area (Å²) in [6, 6.07) is 1.97. The van der Waals surface area contributed by atoms with Crippen molar-refractivity contribution in [3.05, 3.63) is 22.9 Å². The molecular formula is C12H16BrNO. The van der Waals surface area contributed by atoms with Crippen LogP contribution in [0.2, 0.25) is 0 Å². The van der Waals surface area contributed by atoms with Crippen molar-refractivity contribution >= 4 is 15.9 Å². The minimum Gasteiger partial charge on any atom is -0.492 e. The molecule has 0 N–H and O–H groups in total. The summed E-state index contributed by atoms with van der Waals surface area (Å²) in [6.07, 6.45) is 10.3. The lowest BCUT2D eigenvalue weighted by Gasteiger charge is -2.21. The Labute approximate surface area is 99.2 Å². The van der Waals surface area contributed by atoms with Crippen molar-refractivity contribution in [2.75, 3.05) is 6.61 Å². The van der Waals surface area contributed by atoms with Crippen molar-refractivity contribution in [3.63, 3.8) is 0 Å². The molecule has 3 heteroatoms. The fraction of sp³-hybridized carbons (Fsp3) is 0.583. The Balaban J connectivity index is 1.81. The Morgan fingerprint density at radius 3 is 2.80 bits per heavy atom. The highest BCUT2D eigenvalue weighted by molar-refractivity contribution is 9.10. The summed E-state index contributed by atoms with van der Waals surface area (Å²) in [5.41, 5.74) is 0. The molecule has 1 aromatic rings. The van der Waals surface area contributed by atoms with Crippen molar-refractivity contribution in [3.8, 4) is 5.75 Å². The molecule has 2 rings (SSSR count). The first-order valence-electron chi connectivity index (χ1n) is 5.58. The molecule has 1 fully saturated rings. The molecule has 0 aliphatic heterocycles. The zero-order valence-electron chi connectivity index (χ0n) is 8.79. The molecule has 0 radical (unpaired) electrons. The average molecular weight is 270 g/mol. The SMILES string of the molecule is Brc1cncc(OCC2CCCCC2)c1. The molecule has 0 spiro atoms. The lowest BCUT2D eigenvalue weighted by atomic mass is 9.90. The van der Waals surface area contributed by atoms with Gasteiger partial charge in [-0.3, -0.25) is 4.98 Å². The van der Waals surface area contributed by atoms with Crippen molar-refractivity contribution in [2.24, 2.45) is 5.92 Å². The smallest absolute Gasteiger partial charge is 0.138 e. The molecule has 0 saturated heterocycles. The summed E-state index contributed by atoms with van der Waals surface area (Å²) in [6.45, 7) is 0.845. The van der Waals surface area contributed by atoms with E-state index >= 15 is 0 Å². The van der Waals surface area contributed by atoms with Crippen molar-refractivity contribution in [1.29, 1.82) is 0 Å². The Morgan fingerprint density at radius 1 is 1.27 bits per heavy atom. The van der Waals surface area contributed by atoms with E-state index in [1.807, 2.05) is 6.07 Å². The lowest BCUT2D eigenvalue weighted by molar-refractivity contribution is 0.208. The Kier molecular flexibility index (Phi) is 4.01. The third kappa shape index (κ3) is 3.49. The van der Waals surface area contributed by atoms with Crippen LogP contribution < -0.4 is 4.74 Å². The van der Waals surface area contributed by atoms with Crippen molar-refractivity contribution < 1.29 is 4.74 Å². The van der Waals surface area contributed by atoms with E-state index in [1.54, 1.807) is 12.4 Å². The number of aromatic nitrogens is 1. The van der Waals surface area contributed by atoms with E-state index in [0.29, 0.717) is 0 Å². The van der Waals surface area contributed by atoms with Gasteiger partial charge in [-0.15, -0.1) is 0 Å². The van der Waals surface area contributed by atoms with Gasteiger partial charge in [0.25, 0.3) is 0 Å². The van der Waals surface area contributed by atoms with E-state index in [1.165, 1.54) is 32.1 Å². The van der Waals surface area contributed by atoms with E-state index in [0.717, 1.165) is 22.7 Å². The van der Waals surface area contributed by atoms with Gasteiger partial charge in [-0.2, -0.15) is 0 Å². The maximum atomic E-state index is 5.73. The van der Waals surface area contributed by atoms with Gasteiger partial charge in [0.05, 0.1) is 12.8 Å². The quantitative estimate of drug-likeness (QED) is 0.833. The van der Waals surface area contributed by atoms with E-state index < -0.39 is 0 Å². The first-order chi connectivity index (χ1) is 7.34. The highest BCUT2D eigenvalue weighted by atomic mass is 79.9. The number of hydrogen-bond donors (Lipinski definition) is 0. The minimum absolute atomic E-state index is 0.748. The van der Waals surface area contributed by atoms with Gasteiger partial charge in [0.1, 0.15) is 5.75 Å². The van der Waals surface area contributed by atoms with Gasteiger partial charge >= 0.3 is 0 Å². The maximum absolute atomic E-state index is 5.73. The van der Waals surface area contributed by atoms with Crippen LogP contribution in [0.1, 0.15) is 32.1 Å². The molecule has 1 aliphatic carbocycles. The maximum Gasteiger partial charge on any atom is 0.138 e. The van der Waals surface area contributed by atoms with Gasteiger partial charge in [-0.05, 0) is 40.8 Å². The third-order valence-corrected chi connectivity index (χ3v) is 3.32. The Hall–Kier alpha value is -0.570. The van der Waals surface area contributed by atoms with Crippen LogP contribution >= 0.6 is 15.9 Å². The predicted octanol–water partition coefficient (Wildman–Crippen LogP) is 3.80. The van der Waals surface area contributed by atoms with Crippen molar-refractivity contribution in [1.82, 2.24) is 4.98 Å². The number of pyridine rings is 1. The molecule has 1 aromatic heterocycles. The molecule has 0 bridgehead atoms. The fourth-order valence-electron chi connectivity index (χ4n) is 2.04. The summed E-state index contributed by atoms with van der Waals surface area (Å²) in [4.78, 5) is 4.08. The third-order valence-electron chi connectivity index (χ3n) is 2.89. The largest absolute Gasteiger partial charge is 0.492 e. The van der Waals surface area contributed by atoms with E-state index in [4.69, 9.17) is 4.74 Å². The highest BCUT2D eigenvalue weighted by Gasteiger charge is 2.13. The van der Waals surface area contributed by atoms with Crippen LogP contribution in [-0.4, -0.2) is 11.6 Å². The van der Waals surface area contributed by atoms with E-state index in [2.05, 4.69) is 20.9 Å². The monoisotopic (exact) mass is 269 g/mol. The Bertz CT molecular complexity index is 310. The molecule has 1 heterocycles. The normalized spacial score (nSPS) is 17.7. The van der Waals surface area contributed by atoms with E-state index in [9.17, 15) is 0 Å². The highest BCUT2D eigenvalue weighted by Crippen LogP contribution is 2.25. The minimum atomic E-state index is 0.748. The number of halogens is 1. The van der Waals surface area contributed by atoms with Gasteiger partial charge in [-0.25, -0.2) is 0 Å². The standard InChI is InChI=1S/C12H16BrNO/c13-11-6-12(8-14-7-11)15-9-10-4-2-1-3-5-10/h6-8,10H,1-5,9H2. The van der Waals surface area contributed by atoms with Crippen LogP contribution in [-0.2, 0) is 0 Å². The van der Waals surface area contributed by atoms with Crippen LogP contribution in [0.5, 0.6) is 5.75 Å². The second-order valence-corrected chi connectivity index (χ2v) is 5.07. The van der Waals surface area contributed by atoms with Crippen LogP contribution in [0.15, 0.2) is 22.9 Å². The average Bonchev–Trinajstić information content (AvgIpc) is 2.28. The molecule has 0 aromatic carbocycles. The number of rotatable bonds is 3. The van der Waals surface area contributed by atoms with Crippen LogP contribution in [0.3, 0.4) is 0 Å². The van der Waals surface area contributed by atoms with Crippen molar-refractivity contribution in [2.45, 2.75) is 32.1 Å². The topological polar surface area (TPSA) is 22.1 Å². The van der Waals surface area contributed by atoms with Crippen LogP contribution in [0.25, 0.3) is 0 Å². The number of nitrogens with zero attached hydrogens (tertiary/aromatic N) is 1. The zero-order chi connectivity index (χ0) is 10.5. The summed E-state index contributed by atoms with van der Waals surface area (Å²) in [5, 5.41) is 0. The summed E-state index contributed by atoms with van der Waals surface area (Å²) in [7, 11) is 0. The molecule has 1 saturated carbocycles. The summed E-state index contributed by atoms with van der Waals surface area (Å²) < 4.78 is 6.71. The fourth-order valence-corrected chi connectivity index (χ4v) is 2.38. The van der Waals surface area contributed by atoms with Gasteiger partial charge in [0, 0.05) is 10.7 Å². The van der Waals surface area contributed by atoms with Crippen LogP contribution in [0.4, 0.5) is 0 Å². The molecule has 1 aliphatic rings. The summed E-state index contributed by atoms with van der Waals surface area (Å²) >= 11 is 3.39. The molecule has 0 unspecified atom stereocenters. The number of ether oxygens (including phenoxy) is 1. The van der Waals surface area contributed by atoms with Gasteiger partial charge in [-0.1, -0.05) is 19.3 Å². The summed E-state index contributed by atoms with van der Waals surface area (Å²) in [5.74, 6) is 1.62. The Morgan fingerprint density at radius 2 is 2.07 bits per heavy atom. The lowest BCUT2D eigenvalue weighted by Crippen LogP contribution is -2.15. The second kappa shape index (κ2) is 5.50. The van der Waals surface area contributed by atoms with E-state index in [-0.39, 0.29) is 0 Å². The molecule has 15 heavy (non-hydrogen) atoms. The molecule has 0 atom stereocenters. The molecule has 2 nitrogen and oxygen atoms in total. The first kappa shape index (κ1) is 10.9. The first-order valence-corrected chi connectivity index (χ1v) is 6.37. The second-order valence-electron chi connectivity index (χ2n) is 4.15. The number of hydrogen-bond acceptors (Lipinski definition) is 2. The molecule has 82 valence electrons. The molecular weight excluding hydrogens is 254 g/mol. The van der Waals surface area contributed by atoms with Gasteiger partial charge < -0.3 is 4.74 Å². The van der Waals surface area contributed by atoms with Gasteiger partial charge in [0.15, 0.2) is 0 Å². The predicted molar refractivity (Wildman–Crippen MR) is 64.0 cm³/mol. The zero-order valence-corrected chi connectivity index (χ0v) is 10.4. The molecule has 0 amide bonds. The van der Waals surface area contributed by atoms with Gasteiger partial charge in [0.2, 0.25) is 0 Å². The van der Waals surface area contributed by atoms with Crippen LogP contribution in [0, 0.1) is 5.92 Å².